The van der Waals surface area contributed by atoms with Crippen LogP contribution in [0.2, 0.25) is 0 Å². The Hall–Kier alpha value is -1.06. The molecule has 0 aliphatic heterocycles. The lowest BCUT2D eigenvalue weighted by atomic mass is 10.0. The Morgan fingerprint density at radius 1 is 1.41 bits per heavy atom. The van der Waals surface area contributed by atoms with Crippen LogP contribution in [-0.2, 0) is 0 Å². The maximum absolute atomic E-state index is 9.74. The molecule has 17 heavy (non-hydrogen) atoms. The van der Waals surface area contributed by atoms with Crippen LogP contribution in [-0.4, -0.2) is 29.9 Å². The van der Waals surface area contributed by atoms with Gasteiger partial charge in [0.2, 0.25) is 0 Å². The summed E-state index contributed by atoms with van der Waals surface area (Å²) in [7, 11) is 0. The zero-order valence-electron chi connectivity index (χ0n) is 11.2. The number of rotatable bonds is 6. The third kappa shape index (κ3) is 5.20. The largest absolute Gasteiger partial charge is 0.492 e. The van der Waals surface area contributed by atoms with Crippen LogP contribution in [0.15, 0.2) is 24.3 Å². The van der Waals surface area contributed by atoms with Crippen molar-refractivity contribution < 1.29 is 9.84 Å². The molecule has 0 saturated heterocycles. The maximum atomic E-state index is 9.74. The fourth-order valence-corrected chi connectivity index (χ4v) is 1.40. The van der Waals surface area contributed by atoms with E-state index >= 15 is 0 Å². The summed E-state index contributed by atoms with van der Waals surface area (Å²) >= 11 is 0. The highest BCUT2D eigenvalue weighted by molar-refractivity contribution is 5.27. The van der Waals surface area contributed by atoms with Crippen molar-refractivity contribution in [3.05, 3.63) is 29.8 Å². The third-order valence-electron chi connectivity index (χ3n) is 2.87. The molecule has 1 aromatic carbocycles. The van der Waals surface area contributed by atoms with Gasteiger partial charge in [0.1, 0.15) is 12.4 Å². The van der Waals surface area contributed by atoms with Gasteiger partial charge in [-0.05, 0) is 45.4 Å². The molecule has 0 aliphatic rings. The highest BCUT2D eigenvalue weighted by atomic mass is 16.5. The average Bonchev–Trinajstić information content (AvgIpc) is 2.23. The van der Waals surface area contributed by atoms with Crippen molar-refractivity contribution in [2.75, 3.05) is 13.2 Å². The Balaban J connectivity index is 2.25. The number of aryl methyl sites for hydroxylation is 1. The van der Waals surface area contributed by atoms with E-state index < -0.39 is 5.60 Å². The van der Waals surface area contributed by atoms with Gasteiger partial charge in [-0.15, -0.1) is 0 Å². The van der Waals surface area contributed by atoms with E-state index in [1.807, 2.05) is 38.1 Å². The molecule has 0 spiro atoms. The normalized spacial score (nSPS) is 13.5. The molecular weight excluding hydrogens is 214 g/mol. The first-order valence-electron chi connectivity index (χ1n) is 6.05. The molecule has 1 aromatic rings. The Labute approximate surface area is 104 Å². The predicted molar refractivity (Wildman–Crippen MR) is 70.4 cm³/mol. The molecule has 3 nitrogen and oxygen atoms in total. The minimum Gasteiger partial charge on any atom is -0.492 e. The molecule has 0 saturated carbocycles. The van der Waals surface area contributed by atoms with E-state index in [1.54, 1.807) is 13.8 Å². The van der Waals surface area contributed by atoms with E-state index in [9.17, 15) is 5.11 Å². The molecule has 96 valence electrons. The maximum Gasteiger partial charge on any atom is 0.119 e. The summed E-state index contributed by atoms with van der Waals surface area (Å²) in [5.74, 6) is 0.891. The van der Waals surface area contributed by atoms with E-state index in [0.717, 1.165) is 12.3 Å². The second kappa shape index (κ2) is 6.03. The van der Waals surface area contributed by atoms with Crippen molar-refractivity contribution in [3.63, 3.8) is 0 Å². The highest BCUT2D eigenvalue weighted by Crippen LogP contribution is 2.12. The molecule has 0 bridgehead atoms. The number of benzene rings is 1. The van der Waals surface area contributed by atoms with Gasteiger partial charge in [0, 0.05) is 12.6 Å². The SMILES string of the molecule is Cc1cccc(OCCNC(C)C(C)(C)O)c1. The monoisotopic (exact) mass is 237 g/mol. The molecular formula is C14H23NO2. The number of hydrogen-bond acceptors (Lipinski definition) is 3. The molecule has 2 N–H and O–H groups in total. The van der Waals surface area contributed by atoms with Gasteiger partial charge in [-0.25, -0.2) is 0 Å². The van der Waals surface area contributed by atoms with Gasteiger partial charge < -0.3 is 15.2 Å². The molecule has 0 aromatic heterocycles. The Kier molecular flexibility index (Phi) is 4.97. The van der Waals surface area contributed by atoms with E-state index in [2.05, 4.69) is 5.32 Å². The van der Waals surface area contributed by atoms with Crippen LogP contribution in [0.1, 0.15) is 26.3 Å². The fourth-order valence-electron chi connectivity index (χ4n) is 1.40. The van der Waals surface area contributed by atoms with E-state index in [-0.39, 0.29) is 6.04 Å². The van der Waals surface area contributed by atoms with Crippen LogP contribution in [0, 0.1) is 6.92 Å². The molecule has 3 heteroatoms. The van der Waals surface area contributed by atoms with Crippen molar-refractivity contribution in [2.45, 2.75) is 39.3 Å². The first kappa shape index (κ1) is 14.0. The zero-order valence-corrected chi connectivity index (χ0v) is 11.2. The molecule has 1 rings (SSSR count). The van der Waals surface area contributed by atoms with E-state index in [4.69, 9.17) is 4.74 Å². The van der Waals surface area contributed by atoms with Gasteiger partial charge >= 0.3 is 0 Å². The first-order valence-corrected chi connectivity index (χ1v) is 6.05. The second-order valence-electron chi connectivity index (χ2n) is 4.99. The zero-order chi connectivity index (χ0) is 12.9. The highest BCUT2D eigenvalue weighted by Gasteiger charge is 2.21. The van der Waals surface area contributed by atoms with Gasteiger partial charge in [0.05, 0.1) is 5.60 Å². The second-order valence-corrected chi connectivity index (χ2v) is 4.99. The standard InChI is InChI=1S/C14H23NO2/c1-11-6-5-7-13(10-11)17-9-8-15-12(2)14(3,4)16/h5-7,10,12,15-16H,8-9H2,1-4H3. The first-order chi connectivity index (χ1) is 7.89. The Morgan fingerprint density at radius 2 is 2.12 bits per heavy atom. The van der Waals surface area contributed by atoms with Gasteiger partial charge in [0.25, 0.3) is 0 Å². The lowest BCUT2D eigenvalue weighted by molar-refractivity contribution is 0.0432. The lowest BCUT2D eigenvalue weighted by Gasteiger charge is -2.26. The van der Waals surface area contributed by atoms with E-state index in [1.165, 1.54) is 5.56 Å². The molecule has 0 aliphatic carbocycles. The summed E-state index contributed by atoms with van der Waals surface area (Å²) in [5, 5.41) is 13.0. The smallest absolute Gasteiger partial charge is 0.119 e. The summed E-state index contributed by atoms with van der Waals surface area (Å²) in [6.45, 7) is 8.93. The van der Waals surface area contributed by atoms with Gasteiger partial charge in [0.15, 0.2) is 0 Å². The fraction of sp³-hybridized carbons (Fsp3) is 0.571. The molecule has 0 radical (unpaired) electrons. The number of ether oxygens (including phenoxy) is 1. The van der Waals surface area contributed by atoms with Crippen LogP contribution >= 0.6 is 0 Å². The van der Waals surface area contributed by atoms with Crippen molar-refractivity contribution in [1.82, 2.24) is 5.32 Å². The number of nitrogens with one attached hydrogen (secondary N) is 1. The van der Waals surface area contributed by atoms with Crippen molar-refractivity contribution >= 4 is 0 Å². The summed E-state index contributed by atoms with van der Waals surface area (Å²) in [5.41, 5.74) is 0.490. The third-order valence-corrected chi connectivity index (χ3v) is 2.87. The van der Waals surface area contributed by atoms with Crippen molar-refractivity contribution in [3.8, 4) is 5.75 Å². The molecule has 0 fully saturated rings. The lowest BCUT2D eigenvalue weighted by Crippen LogP contribution is -2.45. The molecule has 1 unspecified atom stereocenters. The van der Waals surface area contributed by atoms with Crippen LogP contribution in [0.25, 0.3) is 0 Å². The van der Waals surface area contributed by atoms with Crippen LogP contribution in [0.3, 0.4) is 0 Å². The minimum atomic E-state index is -0.705. The van der Waals surface area contributed by atoms with Gasteiger partial charge in [-0.2, -0.15) is 0 Å². The Morgan fingerprint density at radius 3 is 2.71 bits per heavy atom. The van der Waals surface area contributed by atoms with Gasteiger partial charge in [-0.3, -0.25) is 0 Å². The van der Waals surface area contributed by atoms with Crippen LogP contribution in [0.5, 0.6) is 5.75 Å². The molecule has 0 amide bonds. The van der Waals surface area contributed by atoms with Gasteiger partial charge in [-0.1, -0.05) is 12.1 Å². The minimum absolute atomic E-state index is 0.0450. The summed E-state index contributed by atoms with van der Waals surface area (Å²) in [6.07, 6.45) is 0. The number of aliphatic hydroxyl groups is 1. The molecule has 1 atom stereocenters. The molecule has 0 heterocycles. The van der Waals surface area contributed by atoms with Crippen LogP contribution < -0.4 is 10.1 Å². The summed E-state index contributed by atoms with van der Waals surface area (Å²) in [4.78, 5) is 0. The summed E-state index contributed by atoms with van der Waals surface area (Å²) < 4.78 is 5.61. The topological polar surface area (TPSA) is 41.5 Å². The quantitative estimate of drug-likeness (QED) is 0.745. The van der Waals surface area contributed by atoms with Crippen molar-refractivity contribution in [2.24, 2.45) is 0 Å². The van der Waals surface area contributed by atoms with Crippen LogP contribution in [0.4, 0.5) is 0 Å². The van der Waals surface area contributed by atoms with Crippen molar-refractivity contribution in [1.29, 1.82) is 0 Å². The predicted octanol–water partition coefficient (Wildman–Crippen LogP) is 2.12. The summed E-state index contributed by atoms with van der Waals surface area (Å²) in [6, 6.07) is 8.04. The van der Waals surface area contributed by atoms with E-state index in [0.29, 0.717) is 6.61 Å². The number of hydrogen-bond donors (Lipinski definition) is 2. The average molecular weight is 237 g/mol. The Bertz CT molecular complexity index is 344.